The Morgan fingerprint density at radius 3 is 2.33 bits per heavy atom. The third-order valence-electron chi connectivity index (χ3n) is 4.89. The number of allylic oxidation sites excluding steroid dienone is 1. The number of Topliss-reactive ketones (excluding diaryl/α,β-unsaturated/α-hetero) is 2. The lowest BCUT2D eigenvalue weighted by Crippen LogP contribution is -2.52. The first-order valence-corrected chi connectivity index (χ1v) is 7.18. The van der Waals surface area contributed by atoms with E-state index in [0.29, 0.717) is 12.8 Å². The van der Waals surface area contributed by atoms with Crippen LogP contribution in [0.3, 0.4) is 0 Å². The summed E-state index contributed by atoms with van der Waals surface area (Å²) in [6.45, 7) is 0. The van der Waals surface area contributed by atoms with Gasteiger partial charge in [-0.1, -0.05) is 19.3 Å². The number of hydroxylamine groups is 2. The zero-order valence-corrected chi connectivity index (χ0v) is 11.9. The number of carbonyl (C=O) groups is 4. The highest BCUT2D eigenvalue weighted by molar-refractivity contribution is 6.44. The predicted octanol–water partition coefficient (Wildman–Crippen LogP) is 0.746. The average Bonchev–Trinajstić information content (AvgIpc) is 2.65. The largest absolute Gasteiger partial charge is 0.295 e. The summed E-state index contributed by atoms with van der Waals surface area (Å²) in [5.41, 5.74) is -2.52. The molecule has 0 aromatic rings. The molecule has 1 atom stereocenters. The highest BCUT2D eigenvalue weighted by Gasteiger charge is 2.67. The number of carbonyl (C=O) groups excluding carboxylic acids is 4. The van der Waals surface area contributed by atoms with Crippen molar-refractivity contribution in [3.8, 4) is 0 Å². The van der Waals surface area contributed by atoms with Gasteiger partial charge in [0, 0.05) is 0 Å². The fourth-order valence-corrected chi connectivity index (χ4v) is 3.81. The second kappa shape index (κ2) is 4.59. The van der Waals surface area contributed by atoms with Crippen molar-refractivity contribution in [3.63, 3.8) is 0 Å². The molecular formula is C15H17NO5. The molecule has 0 aromatic carbocycles. The number of hydrogen-bond acceptors (Lipinski definition) is 5. The second-order valence-corrected chi connectivity index (χ2v) is 5.98. The molecule has 1 unspecified atom stereocenters. The third-order valence-corrected chi connectivity index (χ3v) is 4.89. The lowest BCUT2D eigenvalue weighted by atomic mass is 9.67. The van der Waals surface area contributed by atoms with E-state index in [2.05, 4.69) is 0 Å². The van der Waals surface area contributed by atoms with Crippen LogP contribution in [0.1, 0.15) is 38.5 Å². The molecule has 112 valence electrons. The summed E-state index contributed by atoms with van der Waals surface area (Å²) in [6.07, 6.45) is 5.72. The number of rotatable bonds is 1. The fourth-order valence-electron chi connectivity index (χ4n) is 3.81. The highest BCUT2D eigenvalue weighted by atomic mass is 16.7. The van der Waals surface area contributed by atoms with E-state index in [1.54, 1.807) is 0 Å². The Balaban J connectivity index is 2.11. The van der Waals surface area contributed by atoms with Gasteiger partial charge in [0.15, 0.2) is 11.3 Å². The molecule has 0 radical (unpaired) electrons. The molecular weight excluding hydrogens is 274 g/mol. The Labute approximate surface area is 122 Å². The Morgan fingerprint density at radius 2 is 1.76 bits per heavy atom. The molecule has 2 aliphatic carbocycles. The van der Waals surface area contributed by atoms with Gasteiger partial charge in [-0.2, -0.15) is 0 Å². The van der Waals surface area contributed by atoms with Crippen LogP contribution in [0.2, 0.25) is 0 Å². The lowest BCUT2D eigenvalue weighted by molar-refractivity contribution is -0.193. The number of ketones is 3. The van der Waals surface area contributed by atoms with Crippen LogP contribution in [-0.4, -0.2) is 41.0 Å². The smallest absolute Gasteiger partial charge is 0.261 e. The van der Waals surface area contributed by atoms with E-state index in [0.717, 1.165) is 30.4 Å². The molecule has 1 aliphatic heterocycles. The minimum absolute atomic E-state index is 0.293. The molecule has 2 spiro atoms. The molecule has 21 heavy (non-hydrogen) atoms. The van der Waals surface area contributed by atoms with E-state index >= 15 is 0 Å². The van der Waals surface area contributed by atoms with Crippen LogP contribution in [0.4, 0.5) is 0 Å². The first-order valence-electron chi connectivity index (χ1n) is 7.18. The first kappa shape index (κ1) is 14.1. The van der Waals surface area contributed by atoms with Gasteiger partial charge < -0.3 is 0 Å². The zero-order valence-electron chi connectivity index (χ0n) is 11.9. The highest BCUT2D eigenvalue weighted by Crippen LogP contribution is 2.50. The molecule has 1 amide bonds. The number of nitrogens with zero attached hydrogens (tertiary/aromatic N) is 1. The number of hydrogen-bond donors (Lipinski definition) is 0. The second-order valence-electron chi connectivity index (χ2n) is 5.98. The van der Waals surface area contributed by atoms with E-state index < -0.39 is 22.5 Å². The molecule has 6 heteroatoms. The average molecular weight is 291 g/mol. The quantitative estimate of drug-likeness (QED) is 0.526. The van der Waals surface area contributed by atoms with E-state index in [-0.39, 0.29) is 18.1 Å². The van der Waals surface area contributed by atoms with Crippen molar-refractivity contribution < 1.29 is 24.0 Å². The van der Waals surface area contributed by atoms with E-state index in [9.17, 15) is 19.2 Å². The molecule has 3 aliphatic rings. The minimum Gasteiger partial charge on any atom is -0.295 e. The number of amides is 1. The van der Waals surface area contributed by atoms with Crippen molar-refractivity contribution in [1.82, 2.24) is 5.06 Å². The van der Waals surface area contributed by atoms with Crippen LogP contribution in [0.5, 0.6) is 0 Å². The van der Waals surface area contributed by atoms with E-state index in [4.69, 9.17) is 4.84 Å². The van der Waals surface area contributed by atoms with Crippen LogP contribution in [0, 0.1) is 5.41 Å². The molecule has 0 bridgehead atoms. The van der Waals surface area contributed by atoms with Crippen LogP contribution in [0.15, 0.2) is 12.2 Å². The van der Waals surface area contributed by atoms with Crippen LogP contribution < -0.4 is 0 Å². The summed E-state index contributed by atoms with van der Waals surface area (Å²) in [7, 11) is 1.31. The zero-order chi connectivity index (χ0) is 15.3. The fraction of sp³-hybridized carbons (Fsp3) is 0.600. The normalized spacial score (nSPS) is 31.8. The van der Waals surface area contributed by atoms with Gasteiger partial charge in [0.1, 0.15) is 5.41 Å². The van der Waals surface area contributed by atoms with Crippen molar-refractivity contribution in [2.45, 2.75) is 44.1 Å². The van der Waals surface area contributed by atoms with Crippen LogP contribution in [-0.2, 0) is 24.0 Å². The van der Waals surface area contributed by atoms with Crippen molar-refractivity contribution in [2.24, 2.45) is 5.41 Å². The molecule has 0 aromatic heterocycles. The molecule has 1 saturated heterocycles. The van der Waals surface area contributed by atoms with E-state index in [1.165, 1.54) is 13.2 Å². The van der Waals surface area contributed by atoms with Crippen molar-refractivity contribution in [1.29, 1.82) is 0 Å². The Morgan fingerprint density at radius 1 is 1.10 bits per heavy atom. The lowest BCUT2D eigenvalue weighted by Gasteiger charge is -2.33. The Bertz CT molecular complexity index is 573. The van der Waals surface area contributed by atoms with Gasteiger partial charge in [-0.3, -0.25) is 24.0 Å². The maximum atomic E-state index is 13.0. The first-order chi connectivity index (χ1) is 9.98. The summed E-state index contributed by atoms with van der Waals surface area (Å²) < 4.78 is 0. The summed E-state index contributed by atoms with van der Waals surface area (Å²) in [5, 5.41) is 1.02. The van der Waals surface area contributed by atoms with Gasteiger partial charge in [0.25, 0.3) is 5.91 Å². The van der Waals surface area contributed by atoms with Crippen molar-refractivity contribution in [3.05, 3.63) is 12.2 Å². The van der Waals surface area contributed by atoms with E-state index in [1.807, 2.05) is 0 Å². The topological polar surface area (TPSA) is 80.8 Å². The van der Waals surface area contributed by atoms with Gasteiger partial charge >= 0.3 is 0 Å². The molecule has 0 N–H and O–H groups in total. The maximum absolute atomic E-state index is 13.0. The summed E-state index contributed by atoms with van der Waals surface area (Å²) in [4.78, 5) is 54.1. The molecule has 2 fully saturated rings. The summed E-state index contributed by atoms with van der Waals surface area (Å²) in [6, 6.07) is 0. The van der Waals surface area contributed by atoms with Crippen molar-refractivity contribution in [2.75, 3.05) is 7.11 Å². The van der Waals surface area contributed by atoms with Crippen LogP contribution in [0.25, 0.3) is 0 Å². The molecule has 1 saturated carbocycles. The molecule has 6 nitrogen and oxygen atoms in total. The van der Waals surface area contributed by atoms with Gasteiger partial charge in [-0.15, -0.1) is 0 Å². The van der Waals surface area contributed by atoms with Gasteiger partial charge in [-0.25, -0.2) is 5.06 Å². The van der Waals surface area contributed by atoms with Crippen LogP contribution >= 0.6 is 0 Å². The monoisotopic (exact) mass is 291 g/mol. The van der Waals surface area contributed by atoms with Crippen molar-refractivity contribution >= 4 is 23.3 Å². The summed E-state index contributed by atoms with van der Waals surface area (Å²) in [5.74, 6) is -1.96. The Hall–Kier alpha value is -1.82. The van der Waals surface area contributed by atoms with Gasteiger partial charge in [0.05, 0.1) is 13.5 Å². The maximum Gasteiger partial charge on any atom is 0.261 e. The molecule has 1 heterocycles. The minimum atomic E-state index is -1.44. The molecule has 3 rings (SSSR count). The standard InChI is InChI=1S/C15H17NO5/c1-21-16-13(20)14(6-3-2-4-7-14)12(19)15(16)8-5-10(17)11(18)9-15/h5,8H,2-4,6-7,9H2,1H3. The Kier molecular flexibility index (Phi) is 3.09. The predicted molar refractivity (Wildman–Crippen MR) is 70.9 cm³/mol. The third kappa shape index (κ3) is 1.68. The van der Waals surface area contributed by atoms with Gasteiger partial charge in [-0.05, 0) is 25.0 Å². The summed E-state index contributed by atoms with van der Waals surface area (Å²) >= 11 is 0. The van der Waals surface area contributed by atoms with Gasteiger partial charge in [0.2, 0.25) is 11.6 Å². The SMILES string of the molecule is CON1C(=O)C2(CCCCC2)C(=O)C12C=CC(=O)C(=O)C2.